The highest BCUT2D eigenvalue weighted by molar-refractivity contribution is 9.10. The Hall–Kier alpha value is -1.92. The Morgan fingerprint density at radius 1 is 1.12 bits per heavy atom. The van der Waals surface area contributed by atoms with Crippen molar-refractivity contribution in [3.63, 3.8) is 0 Å². The average Bonchev–Trinajstić information content (AvgIpc) is 3.32. The van der Waals surface area contributed by atoms with E-state index in [0.29, 0.717) is 13.0 Å². The molecule has 0 bridgehead atoms. The van der Waals surface area contributed by atoms with Crippen molar-refractivity contribution in [1.82, 2.24) is 10.2 Å². The molecule has 0 unspecified atom stereocenters. The smallest absolute Gasteiger partial charge is 0.244 e. The van der Waals surface area contributed by atoms with Gasteiger partial charge >= 0.3 is 0 Å². The number of carbonyl (C=O) groups excluding carboxylic acids is 2. The van der Waals surface area contributed by atoms with Gasteiger partial charge in [-0.2, -0.15) is 0 Å². The Morgan fingerprint density at radius 2 is 1.85 bits per heavy atom. The van der Waals surface area contributed by atoms with E-state index >= 15 is 0 Å². The number of nitrogens with one attached hydrogen (secondary N) is 1. The summed E-state index contributed by atoms with van der Waals surface area (Å²) >= 11 is 5.07. The van der Waals surface area contributed by atoms with Gasteiger partial charge < -0.3 is 10.2 Å². The molecule has 0 spiro atoms. The zero-order valence-electron chi connectivity index (χ0n) is 14.4. The molecule has 1 aromatic carbocycles. The molecular formula is C20H21BrN2O2S. The molecule has 136 valence electrons. The highest BCUT2D eigenvalue weighted by Crippen LogP contribution is 2.29. The number of likely N-dealkylation sites (tertiary alicyclic amines) is 1. The maximum Gasteiger partial charge on any atom is 0.244 e. The Labute approximate surface area is 166 Å². The summed E-state index contributed by atoms with van der Waals surface area (Å²) in [6.45, 7) is 2.09. The standard InChI is InChI=1S/C20H21BrN2O2S/c21-16-5-3-15(4-6-16)18-9-7-17(26-18)8-10-19(24)22-12-11-20(25)23-13-1-2-14-23/h3-10H,1-2,11-14H2,(H,22,24)/b10-8+. The summed E-state index contributed by atoms with van der Waals surface area (Å²) in [5, 5.41) is 2.78. The lowest BCUT2D eigenvalue weighted by atomic mass is 10.2. The topological polar surface area (TPSA) is 49.4 Å². The fourth-order valence-electron chi connectivity index (χ4n) is 2.85. The summed E-state index contributed by atoms with van der Waals surface area (Å²) in [7, 11) is 0. The van der Waals surface area contributed by atoms with Crippen LogP contribution in [0.15, 0.2) is 46.9 Å². The van der Waals surface area contributed by atoms with Crippen LogP contribution in [0, 0.1) is 0 Å². The number of thiophene rings is 1. The molecule has 1 fully saturated rings. The third-order valence-corrected chi connectivity index (χ3v) is 5.88. The number of carbonyl (C=O) groups is 2. The van der Waals surface area contributed by atoms with Gasteiger partial charge in [0.15, 0.2) is 0 Å². The van der Waals surface area contributed by atoms with E-state index in [1.165, 1.54) is 6.08 Å². The molecule has 4 nitrogen and oxygen atoms in total. The SMILES string of the molecule is O=C(/C=C/c1ccc(-c2ccc(Br)cc2)s1)NCCC(=O)N1CCCC1. The van der Waals surface area contributed by atoms with Gasteiger partial charge in [-0.1, -0.05) is 28.1 Å². The second kappa shape index (κ2) is 9.14. The van der Waals surface area contributed by atoms with Gasteiger partial charge in [-0.15, -0.1) is 11.3 Å². The molecule has 0 saturated carbocycles. The largest absolute Gasteiger partial charge is 0.352 e. The van der Waals surface area contributed by atoms with E-state index in [4.69, 9.17) is 0 Å². The van der Waals surface area contributed by atoms with Gasteiger partial charge in [-0.05, 0) is 48.7 Å². The van der Waals surface area contributed by atoms with Gasteiger partial charge in [0.25, 0.3) is 0 Å². The maximum atomic E-state index is 11.9. The van der Waals surface area contributed by atoms with Crippen molar-refractivity contribution in [2.45, 2.75) is 19.3 Å². The van der Waals surface area contributed by atoms with Crippen LogP contribution in [0.3, 0.4) is 0 Å². The van der Waals surface area contributed by atoms with Crippen LogP contribution in [-0.4, -0.2) is 36.3 Å². The summed E-state index contributed by atoms with van der Waals surface area (Å²) in [6.07, 6.45) is 5.88. The van der Waals surface area contributed by atoms with E-state index in [2.05, 4.69) is 39.4 Å². The quantitative estimate of drug-likeness (QED) is 0.690. The predicted molar refractivity (Wildman–Crippen MR) is 110 cm³/mol. The van der Waals surface area contributed by atoms with Crippen molar-refractivity contribution in [3.8, 4) is 10.4 Å². The Balaban J connectivity index is 1.46. The molecule has 0 aliphatic carbocycles. The van der Waals surface area contributed by atoms with Gasteiger partial charge in [0, 0.05) is 46.4 Å². The van der Waals surface area contributed by atoms with Crippen molar-refractivity contribution in [2.75, 3.05) is 19.6 Å². The van der Waals surface area contributed by atoms with Crippen molar-refractivity contribution < 1.29 is 9.59 Å². The first kappa shape index (κ1) is 18.9. The highest BCUT2D eigenvalue weighted by Gasteiger charge is 2.17. The molecule has 0 atom stereocenters. The van der Waals surface area contributed by atoms with E-state index in [1.54, 1.807) is 11.3 Å². The maximum absolute atomic E-state index is 11.9. The second-order valence-corrected chi connectivity index (χ2v) is 8.20. The Morgan fingerprint density at radius 3 is 2.58 bits per heavy atom. The van der Waals surface area contributed by atoms with Crippen LogP contribution in [0.25, 0.3) is 16.5 Å². The molecular weight excluding hydrogens is 412 g/mol. The summed E-state index contributed by atoms with van der Waals surface area (Å²) in [5.74, 6) is -0.0398. The highest BCUT2D eigenvalue weighted by atomic mass is 79.9. The summed E-state index contributed by atoms with van der Waals surface area (Å²) in [5.41, 5.74) is 1.16. The predicted octanol–water partition coefficient (Wildman–Crippen LogP) is 4.32. The molecule has 0 radical (unpaired) electrons. The van der Waals surface area contributed by atoms with Crippen molar-refractivity contribution in [3.05, 3.63) is 51.8 Å². The zero-order valence-corrected chi connectivity index (χ0v) is 16.8. The number of benzene rings is 1. The molecule has 2 heterocycles. The van der Waals surface area contributed by atoms with Crippen LogP contribution in [0.4, 0.5) is 0 Å². The van der Waals surface area contributed by atoms with Gasteiger partial charge in [-0.3, -0.25) is 9.59 Å². The number of rotatable bonds is 6. The molecule has 1 aromatic heterocycles. The lowest BCUT2D eigenvalue weighted by Crippen LogP contribution is -2.32. The molecule has 1 N–H and O–H groups in total. The van der Waals surface area contributed by atoms with Crippen LogP contribution in [0.5, 0.6) is 0 Å². The van der Waals surface area contributed by atoms with Gasteiger partial charge in [0.05, 0.1) is 0 Å². The third kappa shape index (κ3) is 5.29. The average molecular weight is 433 g/mol. The number of nitrogens with zero attached hydrogens (tertiary/aromatic N) is 1. The van der Waals surface area contributed by atoms with E-state index < -0.39 is 0 Å². The van der Waals surface area contributed by atoms with Gasteiger partial charge in [0.1, 0.15) is 0 Å². The second-order valence-electron chi connectivity index (χ2n) is 6.17. The van der Waals surface area contributed by atoms with Crippen molar-refractivity contribution >= 4 is 45.2 Å². The van der Waals surface area contributed by atoms with Gasteiger partial charge in [0.2, 0.25) is 11.8 Å². The van der Waals surface area contributed by atoms with E-state index in [9.17, 15) is 9.59 Å². The molecule has 1 aliphatic heterocycles. The lowest BCUT2D eigenvalue weighted by Gasteiger charge is -2.14. The summed E-state index contributed by atoms with van der Waals surface area (Å²) in [6, 6.07) is 12.2. The first-order valence-corrected chi connectivity index (χ1v) is 10.3. The minimum absolute atomic E-state index is 0.129. The summed E-state index contributed by atoms with van der Waals surface area (Å²) in [4.78, 5) is 27.9. The van der Waals surface area contributed by atoms with Crippen LogP contribution in [0.1, 0.15) is 24.1 Å². The van der Waals surface area contributed by atoms with E-state index in [-0.39, 0.29) is 11.8 Å². The van der Waals surface area contributed by atoms with Crippen LogP contribution in [0.2, 0.25) is 0 Å². The Bertz CT molecular complexity index is 792. The minimum Gasteiger partial charge on any atom is -0.352 e. The number of hydrogen-bond donors (Lipinski definition) is 1. The molecule has 2 amide bonds. The molecule has 26 heavy (non-hydrogen) atoms. The molecule has 1 aliphatic rings. The third-order valence-electron chi connectivity index (χ3n) is 4.25. The van der Waals surface area contributed by atoms with Crippen LogP contribution < -0.4 is 5.32 Å². The van der Waals surface area contributed by atoms with Gasteiger partial charge in [-0.25, -0.2) is 0 Å². The molecule has 3 rings (SSSR count). The van der Waals surface area contributed by atoms with Crippen molar-refractivity contribution in [1.29, 1.82) is 0 Å². The number of halogens is 1. The summed E-state index contributed by atoms with van der Waals surface area (Å²) < 4.78 is 1.05. The lowest BCUT2D eigenvalue weighted by molar-refractivity contribution is -0.130. The minimum atomic E-state index is -0.169. The monoisotopic (exact) mass is 432 g/mol. The molecule has 2 aromatic rings. The number of hydrogen-bond acceptors (Lipinski definition) is 3. The first-order chi connectivity index (χ1) is 12.6. The molecule has 6 heteroatoms. The van der Waals surface area contributed by atoms with Crippen LogP contribution >= 0.6 is 27.3 Å². The Kier molecular flexibility index (Phi) is 6.63. The first-order valence-electron chi connectivity index (χ1n) is 8.71. The zero-order chi connectivity index (χ0) is 18.4. The van der Waals surface area contributed by atoms with E-state index in [1.807, 2.05) is 29.2 Å². The number of amides is 2. The van der Waals surface area contributed by atoms with Crippen molar-refractivity contribution in [2.24, 2.45) is 0 Å². The fraction of sp³-hybridized carbons (Fsp3) is 0.300. The molecule has 1 saturated heterocycles. The van der Waals surface area contributed by atoms with Crippen LogP contribution in [-0.2, 0) is 9.59 Å². The van der Waals surface area contributed by atoms with E-state index in [0.717, 1.165) is 45.7 Å². The fourth-order valence-corrected chi connectivity index (χ4v) is 4.03. The normalized spacial score (nSPS) is 14.1.